The van der Waals surface area contributed by atoms with Gasteiger partial charge in [0.1, 0.15) is 6.04 Å². The molecule has 1 N–H and O–H groups in total. The normalized spacial score (nSPS) is 19.9. The quantitative estimate of drug-likeness (QED) is 0.670. The van der Waals surface area contributed by atoms with Gasteiger partial charge in [-0.3, -0.25) is 9.59 Å². The van der Waals surface area contributed by atoms with Crippen LogP contribution in [0.15, 0.2) is 96.2 Å². The van der Waals surface area contributed by atoms with Crippen LogP contribution >= 0.6 is 0 Å². The van der Waals surface area contributed by atoms with E-state index in [9.17, 15) is 9.59 Å². The van der Waals surface area contributed by atoms with Gasteiger partial charge in [-0.25, -0.2) is 0 Å². The van der Waals surface area contributed by atoms with Crippen LogP contribution in [0.25, 0.3) is 0 Å². The first-order valence-electron chi connectivity index (χ1n) is 11.8. The largest absolute Gasteiger partial charge is 0.363 e. The number of likely N-dealkylation sites (N-methyl/N-ethyl adjacent to an activating group) is 2. The summed E-state index contributed by atoms with van der Waals surface area (Å²) in [6, 6.07) is 18.6. The van der Waals surface area contributed by atoms with Crippen LogP contribution in [0.3, 0.4) is 0 Å². The molecule has 1 aliphatic heterocycles. The maximum absolute atomic E-state index is 13.5. The fourth-order valence-electron chi connectivity index (χ4n) is 4.62. The Morgan fingerprint density at radius 1 is 1.00 bits per heavy atom. The third-order valence-corrected chi connectivity index (χ3v) is 6.64. The summed E-state index contributed by atoms with van der Waals surface area (Å²) in [5.74, 6) is 0.206. The lowest BCUT2D eigenvalue weighted by atomic mass is 9.88. The molecule has 4 rings (SSSR count). The summed E-state index contributed by atoms with van der Waals surface area (Å²) in [6.07, 6.45) is 8.60. The van der Waals surface area contributed by atoms with Crippen molar-refractivity contribution in [2.75, 3.05) is 14.1 Å². The number of fused-ring (bicyclic) bond motifs is 1. The van der Waals surface area contributed by atoms with Gasteiger partial charge in [-0.15, -0.1) is 0 Å². The van der Waals surface area contributed by atoms with E-state index in [1.165, 1.54) is 5.57 Å². The SMILES string of the molecule is CC(C)C1=CC2C=C(C(=O)NC(C(=O)N(C)Cc3ccccc3)c3ccccc3)N(C)C2C=C1. The van der Waals surface area contributed by atoms with E-state index in [2.05, 4.69) is 37.4 Å². The molecular formula is C29H33N3O2. The van der Waals surface area contributed by atoms with Gasteiger partial charge in [0.05, 0.1) is 11.7 Å². The van der Waals surface area contributed by atoms with Gasteiger partial charge in [0, 0.05) is 26.6 Å². The van der Waals surface area contributed by atoms with Gasteiger partial charge in [-0.1, -0.05) is 92.7 Å². The molecule has 3 unspecified atom stereocenters. The van der Waals surface area contributed by atoms with E-state index in [-0.39, 0.29) is 23.8 Å². The van der Waals surface area contributed by atoms with Crippen molar-refractivity contribution in [2.24, 2.45) is 11.8 Å². The van der Waals surface area contributed by atoms with Crippen molar-refractivity contribution < 1.29 is 9.59 Å². The van der Waals surface area contributed by atoms with Crippen molar-refractivity contribution in [3.63, 3.8) is 0 Å². The zero-order chi connectivity index (χ0) is 24.2. The van der Waals surface area contributed by atoms with Crippen LogP contribution in [0.2, 0.25) is 0 Å². The molecule has 0 spiro atoms. The number of hydrogen-bond acceptors (Lipinski definition) is 3. The van der Waals surface area contributed by atoms with E-state index in [0.717, 1.165) is 11.1 Å². The van der Waals surface area contributed by atoms with Crippen molar-refractivity contribution in [1.29, 1.82) is 0 Å². The Kier molecular flexibility index (Phi) is 7.01. The van der Waals surface area contributed by atoms with Gasteiger partial charge in [0.15, 0.2) is 0 Å². The second-order valence-electron chi connectivity index (χ2n) is 9.41. The summed E-state index contributed by atoms with van der Waals surface area (Å²) in [6.45, 7) is 4.82. The molecule has 0 bridgehead atoms. The molecule has 0 fully saturated rings. The zero-order valence-corrected chi connectivity index (χ0v) is 20.3. The monoisotopic (exact) mass is 455 g/mol. The third-order valence-electron chi connectivity index (χ3n) is 6.64. The number of nitrogens with one attached hydrogen (secondary N) is 1. The predicted octanol–water partition coefficient (Wildman–Crippen LogP) is 4.47. The summed E-state index contributed by atoms with van der Waals surface area (Å²) < 4.78 is 0. The van der Waals surface area contributed by atoms with Gasteiger partial charge in [0.2, 0.25) is 5.91 Å². The number of amides is 2. The maximum atomic E-state index is 13.5. The van der Waals surface area contributed by atoms with E-state index in [1.807, 2.05) is 78.7 Å². The van der Waals surface area contributed by atoms with E-state index >= 15 is 0 Å². The Hall–Kier alpha value is -3.60. The number of hydrogen-bond donors (Lipinski definition) is 1. The molecule has 2 aliphatic rings. The fourth-order valence-corrected chi connectivity index (χ4v) is 4.62. The smallest absolute Gasteiger partial charge is 0.268 e. The minimum absolute atomic E-state index is 0.120. The second-order valence-corrected chi connectivity index (χ2v) is 9.41. The Labute approximate surface area is 202 Å². The maximum Gasteiger partial charge on any atom is 0.268 e. The lowest BCUT2D eigenvalue weighted by Gasteiger charge is -2.29. The van der Waals surface area contributed by atoms with Crippen LogP contribution in [0.4, 0.5) is 0 Å². The highest BCUT2D eigenvalue weighted by Gasteiger charge is 2.36. The Balaban J connectivity index is 1.55. The minimum Gasteiger partial charge on any atom is -0.363 e. The first-order chi connectivity index (χ1) is 16.3. The van der Waals surface area contributed by atoms with Gasteiger partial charge in [0.25, 0.3) is 5.91 Å². The van der Waals surface area contributed by atoms with Gasteiger partial charge < -0.3 is 15.1 Å². The molecule has 5 nitrogen and oxygen atoms in total. The molecule has 1 aliphatic carbocycles. The van der Waals surface area contributed by atoms with Crippen LogP contribution in [0, 0.1) is 11.8 Å². The highest BCUT2D eigenvalue weighted by Crippen LogP contribution is 2.34. The van der Waals surface area contributed by atoms with E-state index in [1.54, 1.807) is 11.9 Å². The van der Waals surface area contributed by atoms with Gasteiger partial charge >= 0.3 is 0 Å². The predicted molar refractivity (Wildman–Crippen MR) is 135 cm³/mol. The molecule has 0 aromatic heterocycles. The number of rotatable bonds is 7. The zero-order valence-electron chi connectivity index (χ0n) is 20.3. The average Bonchev–Trinajstić information content (AvgIpc) is 3.19. The Morgan fingerprint density at radius 2 is 1.65 bits per heavy atom. The summed E-state index contributed by atoms with van der Waals surface area (Å²) in [4.78, 5) is 30.6. The van der Waals surface area contributed by atoms with Crippen LogP contribution in [0.5, 0.6) is 0 Å². The highest BCUT2D eigenvalue weighted by molar-refractivity contribution is 5.97. The van der Waals surface area contributed by atoms with Gasteiger partial charge in [-0.2, -0.15) is 0 Å². The molecule has 2 aromatic carbocycles. The lowest BCUT2D eigenvalue weighted by molar-refractivity contribution is -0.135. The van der Waals surface area contributed by atoms with Gasteiger partial charge in [-0.05, 0) is 28.7 Å². The van der Waals surface area contributed by atoms with E-state index in [0.29, 0.717) is 18.2 Å². The summed E-state index contributed by atoms with van der Waals surface area (Å²) in [5.41, 5.74) is 3.69. The van der Waals surface area contributed by atoms with Crippen molar-refractivity contribution >= 4 is 11.8 Å². The molecule has 176 valence electrons. The minimum atomic E-state index is -0.767. The van der Waals surface area contributed by atoms with Crippen LogP contribution in [-0.2, 0) is 16.1 Å². The second kappa shape index (κ2) is 10.1. The standard InChI is InChI=1S/C29H33N3O2/c1-20(2)23-15-16-25-24(17-23)18-26(32(25)4)28(33)30-27(22-13-9-6-10-14-22)29(34)31(3)19-21-11-7-5-8-12-21/h5-18,20,24-25,27H,19H2,1-4H3,(H,30,33). The first-order valence-corrected chi connectivity index (χ1v) is 11.8. The number of allylic oxidation sites excluding steroid dienone is 2. The lowest BCUT2D eigenvalue weighted by Crippen LogP contribution is -2.43. The topological polar surface area (TPSA) is 52.7 Å². The molecule has 5 heteroatoms. The van der Waals surface area contributed by atoms with Crippen LogP contribution < -0.4 is 5.32 Å². The molecule has 2 aromatic rings. The molecule has 0 saturated carbocycles. The molecular weight excluding hydrogens is 422 g/mol. The summed E-state index contributed by atoms with van der Waals surface area (Å²) in [7, 11) is 3.71. The van der Waals surface area contributed by atoms with Crippen molar-refractivity contribution in [2.45, 2.75) is 32.5 Å². The van der Waals surface area contributed by atoms with Crippen molar-refractivity contribution in [3.8, 4) is 0 Å². The fraction of sp³-hybridized carbons (Fsp3) is 0.310. The Bertz CT molecular complexity index is 1120. The summed E-state index contributed by atoms with van der Waals surface area (Å²) in [5, 5.41) is 3.03. The molecule has 1 heterocycles. The Morgan fingerprint density at radius 3 is 2.29 bits per heavy atom. The molecule has 3 atom stereocenters. The third kappa shape index (κ3) is 4.98. The summed E-state index contributed by atoms with van der Waals surface area (Å²) >= 11 is 0. The van der Waals surface area contributed by atoms with Crippen LogP contribution in [-0.4, -0.2) is 41.8 Å². The molecule has 0 radical (unpaired) electrons. The average molecular weight is 456 g/mol. The number of nitrogens with zero attached hydrogens (tertiary/aromatic N) is 2. The molecule has 0 saturated heterocycles. The van der Waals surface area contributed by atoms with Crippen LogP contribution in [0.1, 0.15) is 31.0 Å². The van der Waals surface area contributed by atoms with Crippen molar-refractivity contribution in [3.05, 3.63) is 107 Å². The molecule has 2 amide bonds. The number of carbonyl (C=O) groups excluding carboxylic acids is 2. The number of benzene rings is 2. The van der Waals surface area contributed by atoms with E-state index < -0.39 is 6.04 Å². The number of carbonyl (C=O) groups is 2. The molecule has 34 heavy (non-hydrogen) atoms. The van der Waals surface area contributed by atoms with E-state index in [4.69, 9.17) is 0 Å². The van der Waals surface area contributed by atoms with Crippen molar-refractivity contribution in [1.82, 2.24) is 15.1 Å². The highest BCUT2D eigenvalue weighted by atomic mass is 16.2. The first kappa shape index (κ1) is 23.6.